The zero-order valence-corrected chi connectivity index (χ0v) is 21.4. The number of carbonyl (C=O) groups is 1. The van der Waals surface area contributed by atoms with Crippen LogP contribution in [-0.2, 0) is 20.2 Å². The molecule has 0 aliphatic carbocycles. The van der Waals surface area contributed by atoms with Crippen molar-refractivity contribution in [1.29, 1.82) is 0 Å². The lowest BCUT2D eigenvalue weighted by atomic mass is 9.87. The summed E-state index contributed by atoms with van der Waals surface area (Å²) in [6, 6.07) is 14.3. The second-order valence-corrected chi connectivity index (χ2v) is 11.4. The number of hydrogen-bond donors (Lipinski definition) is 1. The minimum atomic E-state index is -3.43. The molecule has 1 aliphatic rings. The van der Waals surface area contributed by atoms with E-state index in [1.807, 2.05) is 31.2 Å². The fraction of sp³-hybridized carbons (Fsp3) is 0.500. The first-order chi connectivity index (χ1) is 16.1. The molecule has 0 saturated carbocycles. The third-order valence-electron chi connectivity index (χ3n) is 5.86. The predicted molar refractivity (Wildman–Crippen MR) is 133 cm³/mol. The molecule has 0 bridgehead atoms. The Bertz CT molecular complexity index is 1040. The van der Waals surface area contributed by atoms with Crippen LogP contribution in [0.3, 0.4) is 0 Å². The summed E-state index contributed by atoms with van der Waals surface area (Å²) in [5, 5.41) is 2.84. The zero-order valence-electron chi connectivity index (χ0n) is 20.5. The molecule has 3 rings (SSSR count). The molecule has 7 nitrogen and oxygen atoms in total. The second-order valence-electron chi connectivity index (χ2n) is 9.51. The zero-order chi connectivity index (χ0) is 24.8. The van der Waals surface area contributed by atoms with Crippen LogP contribution in [-0.4, -0.2) is 51.0 Å². The molecule has 1 amide bonds. The largest absolute Gasteiger partial charge is 0.492 e. The lowest BCUT2D eigenvalue weighted by Gasteiger charge is -2.21. The number of benzene rings is 2. The molecular formula is C26H36N2O5S. The van der Waals surface area contributed by atoms with Crippen LogP contribution in [0.2, 0.25) is 0 Å². The average molecular weight is 489 g/mol. The number of hydrogen-bond acceptors (Lipinski definition) is 5. The highest BCUT2D eigenvalue weighted by molar-refractivity contribution is 7.89. The molecule has 0 radical (unpaired) electrons. The van der Waals surface area contributed by atoms with E-state index in [4.69, 9.17) is 9.47 Å². The van der Waals surface area contributed by atoms with Gasteiger partial charge in [-0.15, -0.1) is 0 Å². The summed E-state index contributed by atoms with van der Waals surface area (Å²) in [5.74, 6) is 1.02. The molecule has 34 heavy (non-hydrogen) atoms. The molecule has 186 valence electrons. The first kappa shape index (κ1) is 26.0. The van der Waals surface area contributed by atoms with Gasteiger partial charge >= 0.3 is 0 Å². The van der Waals surface area contributed by atoms with E-state index in [1.54, 1.807) is 24.3 Å². The Morgan fingerprint density at radius 3 is 2.15 bits per heavy atom. The molecular weight excluding hydrogens is 452 g/mol. The van der Waals surface area contributed by atoms with Gasteiger partial charge in [-0.25, -0.2) is 8.42 Å². The number of amides is 1. The molecule has 0 unspecified atom stereocenters. The number of nitrogens with zero attached hydrogens (tertiary/aromatic N) is 1. The van der Waals surface area contributed by atoms with Gasteiger partial charge in [0, 0.05) is 13.1 Å². The van der Waals surface area contributed by atoms with E-state index < -0.39 is 16.1 Å². The molecule has 2 aromatic rings. The number of nitrogens with one attached hydrogen (secondary N) is 1. The van der Waals surface area contributed by atoms with Crippen molar-refractivity contribution in [3.63, 3.8) is 0 Å². The van der Waals surface area contributed by atoms with Gasteiger partial charge in [0.05, 0.1) is 11.4 Å². The van der Waals surface area contributed by atoms with E-state index in [9.17, 15) is 13.2 Å². The van der Waals surface area contributed by atoms with Gasteiger partial charge in [0.25, 0.3) is 5.91 Å². The van der Waals surface area contributed by atoms with Crippen molar-refractivity contribution < 1.29 is 22.7 Å². The standard InChI is InChI=1S/C26H36N2O5S/c1-5-24(33-22-10-8-20(9-11-22)26(2,3)4)25(29)27-16-19-32-21-12-14-23(15-13-21)34(30,31)28-17-6-7-18-28/h8-15,24H,5-7,16-19H2,1-4H3,(H,27,29)/t24-/m0/s1. The molecule has 0 spiro atoms. The molecule has 1 atom stereocenters. The Morgan fingerprint density at radius 1 is 1.00 bits per heavy atom. The Labute approximate surface area is 203 Å². The van der Waals surface area contributed by atoms with Crippen LogP contribution in [0.5, 0.6) is 11.5 Å². The minimum absolute atomic E-state index is 0.0581. The number of ether oxygens (including phenoxy) is 2. The first-order valence-electron chi connectivity index (χ1n) is 11.9. The van der Waals surface area contributed by atoms with Crippen molar-refractivity contribution >= 4 is 15.9 Å². The highest BCUT2D eigenvalue weighted by Gasteiger charge is 2.27. The summed E-state index contributed by atoms with van der Waals surface area (Å²) < 4.78 is 38.2. The van der Waals surface area contributed by atoms with Crippen LogP contribution < -0.4 is 14.8 Å². The Hall–Kier alpha value is -2.58. The van der Waals surface area contributed by atoms with Gasteiger partial charge in [0.15, 0.2) is 6.10 Å². The van der Waals surface area contributed by atoms with Crippen LogP contribution in [0.25, 0.3) is 0 Å². The van der Waals surface area contributed by atoms with E-state index in [0.29, 0.717) is 37.6 Å². The monoisotopic (exact) mass is 488 g/mol. The predicted octanol–water partition coefficient (Wildman–Crippen LogP) is 4.12. The van der Waals surface area contributed by atoms with Crippen molar-refractivity contribution in [3.8, 4) is 11.5 Å². The Morgan fingerprint density at radius 2 is 1.59 bits per heavy atom. The third kappa shape index (κ3) is 6.73. The summed E-state index contributed by atoms with van der Waals surface area (Å²) in [6.07, 6.45) is 1.76. The molecule has 8 heteroatoms. The van der Waals surface area contributed by atoms with Crippen LogP contribution in [0.1, 0.15) is 52.5 Å². The first-order valence-corrected chi connectivity index (χ1v) is 13.3. The molecule has 1 fully saturated rings. The number of rotatable bonds is 10. The third-order valence-corrected chi connectivity index (χ3v) is 7.77. The van der Waals surface area contributed by atoms with Crippen molar-refractivity contribution in [3.05, 3.63) is 54.1 Å². The van der Waals surface area contributed by atoms with Gasteiger partial charge in [-0.05, 0) is 66.6 Å². The summed E-state index contributed by atoms with van der Waals surface area (Å²) in [5.41, 5.74) is 1.26. The van der Waals surface area contributed by atoms with Crippen LogP contribution in [0.15, 0.2) is 53.4 Å². The molecule has 1 N–H and O–H groups in total. The maximum Gasteiger partial charge on any atom is 0.261 e. The summed E-state index contributed by atoms with van der Waals surface area (Å²) >= 11 is 0. The van der Waals surface area contributed by atoms with E-state index >= 15 is 0 Å². The molecule has 1 heterocycles. The quantitative estimate of drug-likeness (QED) is 0.509. The highest BCUT2D eigenvalue weighted by Crippen LogP contribution is 2.25. The normalized spacial score (nSPS) is 15.6. The maximum absolute atomic E-state index is 12.6. The van der Waals surface area contributed by atoms with Gasteiger partial charge in [-0.3, -0.25) is 4.79 Å². The van der Waals surface area contributed by atoms with E-state index in [2.05, 4.69) is 26.1 Å². The summed E-state index contributed by atoms with van der Waals surface area (Å²) in [6.45, 7) is 10.1. The van der Waals surface area contributed by atoms with Crippen molar-refractivity contribution in [2.45, 2.75) is 63.4 Å². The fourth-order valence-corrected chi connectivity index (χ4v) is 5.28. The smallest absolute Gasteiger partial charge is 0.261 e. The van der Waals surface area contributed by atoms with Crippen molar-refractivity contribution in [2.24, 2.45) is 0 Å². The maximum atomic E-state index is 12.6. The number of sulfonamides is 1. The van der Waals surface area contributed by atoms with Crippen molar-refractivity contribution in [2.75, 3.05) is 26.2 Å². The van der Waals surface area contributed by atoms with Gasteiger partial charge in [0.2, 0.25) is 10.0 Å². The highest BCUT2D eigenvalue weighted by atomic mass is 32.2. The minimum Gasteiger partial charge on any atom is -0.492 e. The Kier molecular flexibility index (Phi) is 8.60. The van der Waals surface area contributed by atoms with E-state index in [1.165, 1.54) is 9.87 Å². The average Bonchev–Trinajstić information content (AvgIpc) is 3.36. The van der Waals surface area contributed by atoms with Crippen LogP contribution in [0, 0.1) is 0 Å². The van der Waals surface area contributed by atoms with Crippen LogP contribution in [0.4, 0.5) is 0 Å². The van der Waals surface area contributed by atoms with Crippen molar-refractivity contribution in [1.82, 2.24) is 9.62 Å². The molecule has 1 saturated heterocycles. The Balaban J connectivity index is 1.45. The second kappa shape index (κ2) is 11.2. The SMILES string of the molecule is CC[C@H](Oc1ccc(C(C)(C)C)cc1)C(=O)NCCOc1ccc(S(=O)(=O)N2CCCC2)cc1. The molecule has 0 aromatic heterocycles. The lowest BCUT2D eigenvalue weighted by Crippen LogP contribution is -2.39. The topological polar surface area (TPSA) is 84.9 Å². The number of carbonyl (C=O) groups excluding carboxylic acids is 1. The van der Waals surface area contributed by atoms with E-state index in [-0.39, 0.29) is 22.8 Å². The van der Waals surface area contributed by atoms with Gasteiger partial charge in [-0.2, -0.15) is 4.31 Å². The lowest BCUT2D eigenvalue weighted by molar-refractivity contribution is -0.128. The van der Waals surface area contributed by atoms with E-state index in [0.717, 1.165) is 12.8 Å². The summed E-state index contributed by atoms with van der Waals surface area (Å²) in [7, 11) is -3.43. The fourth-order valence-electron chi connectivity index (χ4n) is 3.76. The van der Waals surface area contributed by atoms with Gasteiger partial charge < -0.3 is 14.8 Å². The summed E-state index contributed by atoms with van der Waals surface area (Å²) in [4.78, 5) is 12.8. The van der Waals surface area contributed by atoms with Crippen LogP contribution >= 0.6 is 0 Å². The van der Waals surface area contributed by atoms with Gasteiger partial charge in [-0.1, -0.05) is 39.8 Å². The molecule has 1 aliphatic heterocycles. The van der Waals surface area contributed by atoms with Gasteiger partial charge in [0.1, 0.15) is 18.1 Å². The molecule has 2 aromatic carbocycles.